The van der Waals surface area contributed by atoms with E-state index in [1.807, 2.05) is 31.2 Å². The Labute approximate surface area is 152 Å². The highest BCUT2D eigenvalue weighted by Gasteiger charge is 2.25. The summed E-state index contributed by atoms with van der Waals surface area (Å²) in [4.78, 5) is 28.2. The van der Waals surface area contributed by atoms with Crippen LogP contribution in [-0.4, -0.2) is 54.9 Å². The number of methoxy groups -OCH3 is 1. The molecule has 1 saturated heterocycles. The molecule has 1 fully saturated rings. The molecule has 2 amide bonds. The summed E-state index contributed by atoms with van der Waals surface area (Å²) in [6, 6.07) is 10.9. The number of amides is 2. The lowest BCUT2D eigenvalue weighted by Gasteiger charge is -2.33. The molecule has 1 aliphatic heterocycles. The van der Waals surface area contributed by atoms with Gasteiger partial charge in [0.15, 0.2) is 5.76 Å². The van der Waals surface area contributed by atoms with Crippen molar-refractivity contribution < 1.29 is 18.7 Å². The minimum absolute atomic E-state index is 0.0385. The van der Waals surface area contributed by atoms with Crippen molar-refractivity contribution in [2.45, 2.75) is 6.92 Å². The van der Waals surface area contributed by atoms with Gasteiger partial charge in [-0.1, -0.05) is 12.1 Å². The second-order valence-electron chi connectivity index (χ2n) is 6.15. The maximum atomic E-state index is 12.5. The third-order valence-corrected chi connectivity index (χ3v) is 4.50. The Balaban J connectivity index is 1.58. The fraction of sp³-hybridized carbons (Fsp3) is 0.300. The molecule has 2 aromatic rings. The number of hydrogen-bond acceptors (Lipinski definition) is 4. The second kappa shape index (κ2) is 7.91. The second-order valence-corrected chi connectivity index (χ2v) is 6.15. The first-order valence-corrected chi connectivity index (χ1v) is 8.53. The number of nitrogens with zero attached hydrogens (tertiary/aromatic N) is 2. The first kappa shape index (κ1) is 17.8. The van der Waals surface area contributed by atoms with Gasteiger partial charge in [-0.15, -0.1) is 0 Å². The van der Waals surface area contributed by atoms with Crippen LogP contribution in [0, 0.1) is 0 Å². The van der Waals surface area contributed by atoms with Crippen LogP contribution in [0.2, 0.25) is 0 Å². The van der Waals surface area contributed by atoms with Crippen molar-refractivity contribution in [2.75, 3.05) is 33.3 Å². The number of hydrogen-bond donors (Lipinski definition) is 0. The van der Waals surface area contributed by atoms with E-state index in [0.29, 0.717) is 31.9 Å². The Bertz CT molecular complexity index is 786. The zero-order valence-corrected chi connectivity index (χ0v) is 15.0. The number of benzene rings is 1. The van der Waals surface area contributed by atoms with E-state index >= 15 is 0 Å². The van der Waals surface area contributed by atoms with E-state index in [-0.39, 0.29) is 11.8 Å². The predicted octanol–water partition coefficient (Wildman–Crippen LogP) is 2.68. The molecule has 3 rings (SSSR count). The standard InChI is InChI=1S/C20H22N2O4/c1-15(16-5-7-17(25-2)8-6-16)14-19(23)21-9-11-22(12-10-21)20(24)18-4-3-13-26-18/h3-8,13-14H,9-12H2,1-2H3/b15-14+. The van der Waals surface area contributed by atoms with E-state index in [1.54, 1.807) is 35.1 Å². The van der Waals surface area contributed by atoms with Gasteiger partial charge in [-0.2, -0.15) is 0 Å². The van der Waals surface area contributed by atoms with E-state index in [1.165, 1.54) is 6.26 Å². The van der Waals surface area contributed by atoms with Crippen LogP contribution in [0.25, 0.3) is 5.57 Å². The third-order valence-electron chi connectivity index (χ3n) is 4.50. The van der Waals surface area contributed by atoms with Crippen molar-refractivity contribution in [1.82, 2.24) is 9.80 Å². The first-order chi connectivity index (χ1) is 12.6. The highest BCUT2D eigenvalue weighted by Crippen LogP contribution is 2.19. The molecular weight excluding hydrogens is 332 g/mol. The summed E-state index contributed by atoms with van der Waals surface area (Å²) in [5, 5.41) is 0. The molecule has 0 N–H and O–H groups in total. The monoisotopic (exact) mass is 354 g/mol. The lowest BCUT2D eigenvalue weighted by molar-refractivity contribution is -0.127. The molecule has 0 saturated carbocycles. The fourth-order valence-electron chi connectivity index (χ4n) is 2.90. The molecule has 0 spiro atoms. The molecule has 6 nitrogen and oxygen atoms in total. The summed E-state index contributed by atoms with van der Waals surface area (Å²) in [5.74, 6) is 0.945. The van der Waals surface area contributed by atoms with Gasteiger partial charge in [0.1, 0.15) is 5.75 Å². The van der Waals surface area contributed by atoms with Gasteiger partial charge in [0, 0.05) is 32.3 Å². The summed E-state index contributed by atoms with van der Waals surface area (Å²) in [6.07, 6.45) is 3.13. The zero-order valence-electron chi connectivity index (χ0n) is 15.0. The van der Waals surface area contributed by atoms with Crippen molar-refractivity contribution in [3.8, 4) is 5.75 Å². The normalized spacial score (nSPS) is 15.1. The third kappa shape index (κ3) is 3.96. The molecule has 1 aliphatic rings. The van der Waals surface area contributed by atoms with Crippen LogP contribution < -0.4 is 4.74 Å². The van der Waals surface area contributed by atoms with Crippen LogP contribution in [0.1, 0.15) is 23.0 Å². The van der Waals surface area contributed by atoms with Crippen LogP contribution >= 0.6 is 0 Å². The lowest BCUT2D eigenvalue weighted by atomic mass is 10.1. The van der Waals surface area contributed by atoms with E-state index in [2.05, 4.69) is 0 Å². The zero-order chi connectivity index (χ0) is 18.5. The summed E-state index contributed by atoms with van der Waals surface area (Å²) >= 11 is 0. The summed E-state index contributed by atoms with van der Waals surface area (Å²) in [7, 11) is 1.62. The van der Waals surface area contributed by atoms with Gasteiger partial charge in [0.2, 0.25) is 5.91 Å². The lowest BCUT2D eigenvalue weighted by Crippen LogP contribution is -2.50. The summed E-state index contributed by atoms with van der Waals surface area (Å²) in [6.45, 7) is 3.94. The smallest absolute Gasteiger partial charge is 0.289 e. The van der Waals surface area contributed by atoms with Crippen LogP contribution in [0.5, 0.6) is 5.75 Å². The Hall–Kier alpha value is -3.02. The van der Waals surface area contributed by atoms with E-state index < -0.39 is 0 Å². The van der Waals surface area contributed by atoms with Crippen molar-refractivity contribution in [3.05, 3.63) is 60.1 Å². The quantitative estimate of drug-likeness (QED) is 0.792. The van der Waals surface area contributed by atoms with Crippen LogP contribution in [0.4, 0.5) is 0 Å². The molecule has 1 aromatic heterocycles. The molecule has 2 heterocycles. The Morgan fingerprint density at radius 2 is 1.69 bits per heavy atom. The highest BCUT2D eigenvalue weighted by molar-refractivity contribution is 5.95. The molecule has 136 valence electrons. The number of allylic oxidation sites excluding steroid dienone is 1. The molecular formula is C20H22N2O4. The van der Waals surface area contributed by atoms with Gasteiger partial charge >= 0.3 is 0 Å². The number of furan rings is 1. The number of piperazine rings is 1. The average Bonchev–Trinajstić information content (AvgIpc) is 3.22. The largest absolute Gasteiger partial charge is 0.497 e. The van der Waals surface area contributed by atoms with Crippen molar-refractivity contribution >= 4 is 17.4 Å². The Morgan fingerprint density at radius 3 is 2.27 bits per heavy atom. The SMILES string of the molecule is COc1ccc(/C(C)=C/C(=O)N2CCN(C(=O)c3ccco3)CC2)cc1. The molecule has 1 aromatic carbocycles. The minimum atomic E-state index is -0.132. The van der Waals surface area contributed by atoms with Gasteiger partial charge in [0.25, 0.3) is 5.91 Å². The van der Waals surface area contributed by atoms with Gasteiger partial charge in [0.05, 0.1) is 13.4 Å². The molecule has 6 heteroatoms. The topological polar surface area (TPSA) is 63.0 Å². The number of carbonyl (C=O) groups is 2. The number of carbonyl (C=O) groups excluding carboxylic acids is 2. The number of ether oxygens (including phenoxy) is 1. The van der Waals surface area contributed by atoms with Gasteiger partial charge < -0.3 is 19.0 Å². The number of rotatable bonds is 4. The average molecular weight is 354 g/mol. The Morgan fingerprint density at radius 1 is 1.04 bits per heavy atom. The van der Waals surface area contributed by atoms with Gasteiger partial charge in [-0.05, 0) is 42.3 Å². The fourth-order valence-corrected chi connectivity index (χ4v) is 2.90. The molecule has 26 heavy (non-hydrogen) atoms. The molecule has 0 unspecified atom stereocenters. The van der Waals surface area contributed by atoms with Crippen molar-refractivity contribution in [3.63, 3.8) is 0 Å². The maximum Gasteiger partial charge on any atom is 0.289 e. The summed E-state index contributed by atoms with van der Waals surface area (Å²) < 4.78 is 10.3. The van der Waals surface area contributed by atoms with Crippen molar-refractivity contribution in [1.29, 1.82) is 0 Å². The molecule has 0 bridgehead atoms. The van der Waals surface area contributed by atoms with Crippen LogP contribution in [0.3, 0.4) is 0 Å². The van der Waals surface area contributed by atoms with Gasteiger partial charge in [-0.3, -0.25) is 9.59 Å². The van der Waals surface area contributed by atoms with Crippen LogP contribution in [-0.2, 0) is 4.79 Å². The Kier molecular flexibility index (Phi) is 5.41. The van der Waals surface area contributed by atoms with Crippen LogP contribution in [0.15, 0.2) is 53.2 Å². The highest BCUT2D eigenvalue weighted by atomic mass is 16.5. The van der Waals surface area contributed by atoms with E-state index in [0.717, 1.165) is 16.9 Å². The molecule has 0 aliphatic carbocycles. The summed E-state index contributed by atoms with van der Waals surface area (Å²) in [5.41, 5.74) is 1.87. The molecule has 0 radical (unpaired) electrons. The first-order valence-electron chi connectivity index (χ1n) is 8.53. The predicted molar refractivity (Wildman–Crippen MR) is 97.8 cm³/mol. The molecule has 0 atom stereocenters. The van der Waals surface area contributed by atoms with Gasteiger partial charge in [-0.25, -0.2) is 0 Å². The van der Waals surface area contributed by atoms with E-state index in [4.69, 9.17) is 9.15 Å². The maximum absolute atomic E-state index is 12.5. The van der Waals surface area contributed by atoms with E-state index in [9.17, 15) is 9.59 Å². The minimum Gasteiger partial charge on any atom is -0.497 e. The van der Waals surface area contributed by atoms with Crippen molar-refractivity contribution in [2.24, 2.45) is 0 Å².